The third-order valence-electron chi connectivity index (χ3n) is 2.18. The van der Waals surface area contributed by atoms with Crippen LogP contribution in [0.1, 0.15) is 6.42 Å². The molecule has 0 aromatic heterocycles. The Bertz CT molecular complexity index is 213. The number of carbonyl (C=O) groups is 2. The summed E-state index contributed by atoms with van der Waals surface area (Å²) in [5.74, 6) is -2.79. The van der Waals surface area contributed by atoms with E-state index in [4.69, 9.17) is 9.84 Å². The SMILES string of the molecule is COC(=O)[C@H]1CCOC[C@@H]1C(=O)O. The molecule has 0 unspecified atom stereocenters. The maximum Gasteiger partial charge on any atom is 0.309 e. The first-order chi connectivity index (χ1) is 6.16. The van der Waals surface area contributed by atoms with E-state index in [1.807, 2.05) is 0 Å². The van der Waals surface area contributed by atoms with Gasteiger partial charge in [0, 0.05) is 6.61 Å². The lowest BCUT2D eigenvalue weighted by molar-refractivity contribution is -0.163. The van der Waals surface area contributed by atoms with E-state index >= 15 is 0 Å². The Kier molecular flexibility index (Phi) is 3.25. The van der Waals surface area contributed by atoms with Gasteiger partial charge in [0.05, 0.1) is 25.6 Å². The van der Waals surface area contributed by atoms with Crippen molar-refractivity contribution in [3.05, 3.63) is 0 Å². The van der Waals surface area contributed by atoms with Crippen molar-refractivity contribution in [1.29, 1.82) is 0 Å². The van der Waals surface area contributed by atoms with E-state index < -0.39 is 23.8 Å². The fraction of sp³-hybridized carbons (Fsp3) is 0.750. The lowest BCUT2D eigenvalue weighted by Crippen LogP contribution is -2.38. The molecular weight excluding hydrogens is 176 g/mol. The van der Waals surface area contributed by atoms with Crippen LogP contribution in [0.3, 0.4) is 0 Å². The summed E-state index contributed by atoms with van der Waals surface area (Å²) in [4.78, 5) is 21.8. The van der Waals surface area contributed by atoms with E-state index in [0.29, 0.717) is 13.0 Å². The minimum atomic E-state index is -1.00. The van der Waals surface area contributed by atoms with Gasteiger partial charge in [-0.05, 0) is 6.42 Å². The molecule has 1 aliphatic rings. The van der Waals surface area contributed by atoms with Gasteiger partial charge in [-0.2, -0.15) is 0 Å². The quantitative estimate of drug-likeness (QED) is 0.612. The molecule has 1 saturated heterocycles. The first kappa shape index (κ1) is 9.98. The summed E-state index contributed by atoms with van der Waals surface area (Å²) in [6, 6.07) is 0. The fourth-order valence-electron chi connectivity index (χ4n) is 1.41. The normalized spacial score (nSPS) is 28.1. The lowest BCUT2D eigenvalue weighted by Gasteiger charge is -2.26. The molecule has 0 radical (unpaired) electrons. The maximum absolute atomic E-state index is 11.1. The highest BCUT2D eigenvalue weighted by Gasteiger charge is 2.37. The fourth-order valence-corrected chi connectivity index (χ4v) is 1.41. The van der Waals surface area contributed by atoms with Crippen molar-refractivity contribution in [2.24, 2.45) is 11.8 Å². The summed E-state index contributed by atoms with van der Waals surface area (Å²) >= 11 is 0. The summed E-state index contributed by atoms with van der Waals surface area (Å²) in [6.07, 6.45) is 0.420. The van der Waals surface area contributed by atoms with Crippen LogP contribution in [0.2, 0.25) is 0 Å². The summed E-state index contributed by atoms with van der Waals surface area (Å²) < 4.78 is 9.49. The van der Waals surface area contributed by atoms with Gasteiger partial charge in [0.25, 0.3) is 0 Å². The molecule has 1 rings (SSSR count). The van der Waals surface area contributed by atoms with Crippen LogP contribution in [-0.4, -0.2) is 37.4 Å². The molecule has 1 N–H and O–H groups in total. The monoisotopic (exact) mass is 188 g/mol. The van der Waals surface area contributed by atoms with Gasteiger partial charge in [0.1, 0.15) is 0 Å². The number of carboxylic acid groups (broad SMARTS) is 1. The summed E-state index contributed by atoms with van der Waals surface area (Å²) in [5.41, 5.74) is 0. The van der Waals surface area contributed by atoms with E-state index in [1.165, 1.54) is 7.11 Å². The van der Waals surface area contributed by atoms with Crippen LogP contribution in [0.25, 0.3) is 0 Å². The first-order valence-corrected chi connectivity index (χ1v) is 4.05. The van der Waals surface area contributed by atoms with Crippen LogP contribution in [0, 0.1) is 11.8 Å². The third kappa shape index (κ3) is 2.18. The number of aliphatic carboxylic acids is 1. The van der Waals surface area contributed by atoms with Crippen molar-refractivity contribution >= 4 is 11.9 Å². The van der Waals surface area contributed by atoms with Crippen LogP contribution < -0.4 is 0 Å². The zero-order chi connectivity index (χ0) is 9.84. The van der Waals surface area contributed by atoms with Gasteiger partial charge in [-0.3, -0.25) is 9.59 Å². The highest BCUT2D eigenvalue weighted by molar-refractivity contribution is 5.81. The van der Waals surface area contributed by atoms with E-state index in [0.717, 1.165) is 0 Å². The van der Waals surface area contributed by atoms with E-state index in [9.17, 15) is 9.59 Å². The zero-order valence-electron chi connectivity index (χ0n) is 7.36. The molecule has 5 nitrogen and oxygen atoms in total. The molecule has 74 valence electrons. The highest BCUT2D eigenvalue weighted by atomic mass is 16.5. The van der Waals surface area contributed by atoms with Crippen molar-refractivity contribution < 1.29 is 24.2 Å². The van der Waals surface area contributed by atoms with E-state index in [1.54, 1.807) is 0 Å². The molecule has 0 bridgehead atoms. The van der Waals surface area contributed by atoms with Gasteiger partial charge in [-0.25, -0.2) is 0 Å². The summed E-state index contributed by atoms with van der Waals surface area (Å²) in [6.45, 7) is 0.513. The number of hydrogen-bond acceptors (Lipinski definition) is 4. The molecular formula is C8H12O5. The maximum atomic E-state index is 11.1. The molecule has 1 fully saturated rings. The second kappa shape index (κ2) is 4.23. The molecule has 0 aromatic carbocycles. The van der Waals surface area contributed by atoms with E-state index in [-0.39, 0.29) is 6.61 Å². The molecule has 1 aliphatic heterocycles. The average Bonchev–Trinajstić information content (AvgIpc) is 2.16. The van der Waals surface area contributed by atoms with Crippen LogP contribution in [0.4, 0.5) is 0 Å². The van der Waals surface area contributed by atoms with Crippen molar-refractivity contribution in [3.8, 4) is 0 Å². The number of carboxylic acids is 1. The Hall–Kier alpha value is -1.10. The number of hydrogen-bond donors (Lipinski definition) is 1. The molecule has 5 heteroatoms. The molecule has 0 saturated carbocycles. The average molecular weight is 188 g/mol. The molecule has 0 aliphatic carbocycles. The number of rotatable bonds is 2. The largest absolute Gasteiger partial charge is 0.481 e. The van der Waals surface area contributed by atoms with Crippen LogP contribution in [-0.2, 0) is 19.1 Å². The predicted molar refractivity (Wildman–Crippen MR) is 42.1 cm³/mol. The zero-order valence-corrected chi connectivity index (χ0v) is 7.36. The number of methoxy groups -OCH3 is 1. The smallest absolute Gasteiger partial charge is 0.309 e. The van der Waals surface area contributed by atoms with Crippen molar-refractivity contribution in [3.63, 3.8) is 0 Å². The Morgan fingerprint density at radius 1 is 1.46 bits per heavy atom. The number of carbonyl (C=O) groups excluding carboxylic acids is 1. The predicted octanol–water partition coefficient (Wildman–Crippen LogP) is -0.103. The highest BCUT2D eigenvalue weighted by Crippen LogP contribution is 2.23. The molecule has 0 spiro atoms. The first-order valence-electron chi connectivity index (χ1n) is 4.05. The molecule has 13 heavy (non-hydrogen) atoms. The Labute approximate surface area is 75.6 Å². The Morgan fingerprint density at radius 2 is 2.15 bits per heavy atom. The lowest BCUT2D eigenvalue weighted by atomic mass is 9.88. The minimum absolute atomic E-state index is 0.0924. The molecule has 0 amide bonds. The summed E-state index contributed by atoms with van der Waals surface area (Å²) in [5, 5.41) is 8.77. The van der Waals surface area contributed by atoms with Gasteiger partial charge in [0.15, 0.2) is 0 Å². The number of ether oxygens (including phenoxy) is 2. The molecule has 1 heterocycles. The van der Waals surface area contributed by atoms with Crippen LogP contribution in [0.15, 0.2) is 0 Å². The minimum Gasteiger partial charge on any atom is -0.481 e. The summed E-state index contributed by atoms with van der Waals surface area (Å²) in [7, 11) is 1.26. The van der Waals surface area contributed by atoms with Gasteiger partial charge in [-0.1, -0.05) is 0 Å². The Morgan fingerprint density at radius 3 is 2.69 bits per heavy atom. The topological polar surface area (TPSA) is 72.8 Å². The van der Waals surface area contributed by atoms with Crippen molar-refractivity contribution in [1.82, 2.24) is 0 Å². The van der Waals surface area contributed by atoms with E-state index in [2.05, 4.69) is 4.74 Å². The van der Waals surface area contributed by atoms with Crippen molar-refractivity contribution in [2.75, 3.05) is 20.3 Å². The standard InChI is InChI=1S/C8H12O5/c1-12-8(11)5-2-3-13-4-6(5)7(9)10/h5-6H,2-4H2,1H3,(H,9,10)/t5-,6-/m0/s1. The van der Waals surface area contributed by atoms with Crippen molar-refractivity contribution in [2.45, 2.75) is 6.42 Å². The molecule has 0 aromatic rings. The Balaban J connectivity index is 2.67. The van der Waals surface area contributed by atoms with Gasteiger partial charge < -0.3 is 14.6 Å². The van der Waals surface area contributed by atoms with Gasteiger partial charge >= 0.3 is 11.9 Å². The third-order valence-corrected chi connectivity index (χ3v) is 2.18. The number of esters is 1. The van der Waals surface area contributed by atoms with Gasteiger partial charge in [0.2, 0.25) is 0 Å². The van der Waals surface area contributed by atoms with Gasteiger partial charge in [-0.15, -0.1) is 0 Å². The molecule has 2 atom stereocenters. The van der Waals surface area contributed by atoms with Crippen LogP contribution >= 0.6 is 0 Å². The van der Waals surface area contributed by atoms with Crippen LogP contribution in [0.5, 0.6) is 0 Å². The second-order valence-electron chi connectivity index (χ2n) is 2.94. The second-order valence-corrected chi connectivity index (χ2v) is 2.94.